The Balaban J connectivity index is 1.63. The van der Waals surface area contributed by atoms with Gasteiger partial charge in [-0.25, -0.2) is 13.2 Å². The fraction of sp³-hybridized carbons (Fsp3) is 0.412. The molecule has 0 aliphatic heterocycles. The van der Waals surface area contributed by atoms with Gasteiger partial charge in [-0.05, 0) is 84.3 Å². The van der Waals surface area contributed by atoms with Crippen LogP contribution in [0.15, 0.2) is 77.7 Å². The third-order valence-electron chi connectivity index (χ3n) is 7.21. The molecule has 0 heterocycles. The second-order valence-electron chi connectivity index (χ2n) is 12.7. The quantitative estimate of drug-likeness (QED) is 0.155. The molecule has 1 unspecified atom stereocenters. The highest BCUT2D eigenvalue weighted by Gasteiger charge is 2.23. The minimum Gasteiger partial charge on any atom is -0.352 e. The molecular weight excluding hydrogens is 596 g/mol. The number of amides is 3. The normalized spacial score (nSPS) is 13.2. The maximum Gasteiger partial charge on any atom is 0.319 e. The van der Waals surface area contributed by atoms with Crippen LogP contribution >= 0.6 is 11.6 Å². The van der Waals surface area contributed by atoms with Gasteiger partial charge in [-0.1, -0.05) is 83.3 Å². The van der Waals surface area contributed by atoms with Crippen LogP contribution in [-0.2, 0) is 26.7 Å². The monoisotopic (exact) mass is 640 g/mol. The average Bonchev–Trinajstić information content (AvgIpc) is 2.94. The van der Waals surface area contributed by atoms with E-state index in [0.717, 1.165) is 30.4 Å². The summed E-state index contributed by atoms with van der Waals surface area (Å²) < 4.78 is 28.4. The van der Waals surface area contributed by atoms with Gasteiger partial charge in [0.05, 0.1) is 4.90 Å². The lowest BCUT2D eigenvalue weighted by Crippen LogP contribution is -2.51. The van der Waals surface area contributed by atoms with Crippen LogP contribution in [0.4, 0.5) is 16.2 Å². The first-order valence-electron chi connectivity index (χ1n) is 15.0. The Morgan fingerprint density at radius 1 is 0.795 bits per heavy atom. The molecular formula is C34H45ClN4O4S. The number of urea groups is 1. The SMILES string of the molecule is CC(C)CCCC(C)NC(=O)[C@@H](Cc1ccc(Cl)cc1)NC(=O)Nc1ccc(NS(=O)(=O)c2ccc(C(C)(C)C)cc2)cc1. The molecule has 3 amide bonds. The number of carbonyl (C=O) groups excluding carboxylic acids is 2. The van der Waals surface area contributed by atoms with E-state index in [-0.39, 0.29) is 28.7 Å². The Morgan fingerprint density at radius 2 is 1.39 bits per heavy atom. The zero-order chi connectivity index (χ0) is 32.5. The van der Waals surface area contributed by atoms with E-state index in [0.29, 0.717) is 22.3 Å². The molecule has 0 saturated heterocycles. The van der Waals surface area contributed by atoms with Gasteiger partial charge in [0.2, 0.25) is 5.91 Å². The van der Waals surface area contributed by atoms with E-state index in [1.807, 2.05) is 31.2 Å². The van der Waals surface area contributed by atoms with E-state index in [1.54, 1.807) is 48.5 Å². The van der Waals surface area contributed by atoms with Crippen molar-refractivity contribution in [2.45, 2.75) is 89.6 Å². The Bertz CT molecular complexity index is 1480. The molecule has 0 spiro atoms. The highest BCUT2D eigenvalue weighted by Crippen LogP contribution is 2.25. The topological polar surface area (TPSA) is 116 Å². The zero-order valence-corrected chi connectivity index (χ0v) is 28.0. The van der Waals surface area contributed by atoms with Crippen molar-refractivity contribution in [3.63, 3.8) is 0 Å². The minimum absolute atomic E-state index is 0.0356. The zero-order valence-electron chi connectivity index (χ0n) is 26.4. The number of hydrogen-bond acceptors (Lipinski definition) is 4. The molecule has 0 aliphatic rings. The summed E-state index contributed by atoms with van der Waals surface area (Å²) in [6.45, 7) is 12.5. The van der Waals surface area contributed by atoms with Crippen LogP contribution in [0.25, 0.3) is 0 Å². The largest absolute Gasteiger partial charge is 0.352 e. The van der Waals surface area contributed by atoms with Gasteiger partial charge < -0.3 is 16.0 Å². The van der Waals surface area contributed by atoms with Crippen LogP contribution in [0.5, 0.6) is 0 Å². The van der Waals surface area contributed by atoms with Gasteiger partial charge >= 0.3 is 6.03 Å². The molecule has 3 aromatic rings. The van der Waals surface area contributed by atoms with Crippen molar-refractivity contribution in [1.82, 2.24) is 10.6 Å². The first kappa shape index (κ1) is 34.9. The molecule has 10 heteroatoms. The maximum absolute atomic E-state index is 13.2. The third-order valence-corrected chi connectivity index (χ3v) is 8.86. The number of nitrogens with one attached hydrogen (secondary N) is 4. The van der Waals surface area contributed by atoms with Gasteiger partial charge in [-0.15, -0.1) is 0 Å². The first-order valence-corrected chi connectivity index (χ1v) is 16.8. The average molecular weight is 641 g/mol. The summed E-state index contributed by atoms with van der Waals surface area (Å²) in [7, 11) is -3.79. The molecule has 0 saturated carbocycles. The van der Waals surface area contributed by atoms with Crippen LogP contribution < -0.4 is 20.7 Å². The van der Waals surface area contributed by atoms with Crippen LogP contribution in [0.2, 0.25) is 5.02 Å². The van der Waals surface area contributed by atoms with Crippen molar-refractivity contribution in [3.05, 3.63) is 88.9 Å². The molecule has 0 radical (unpaired) electrons. The molecule has 3 aromatic carbocycles. The number of hydrogen-bond donors (Lipinski definition) is 4. The summed E-state index contributed by atoms with van der Waals surface area (Å²) in [6, 6.07) is 18.8. The number of halogens is 1. The van der Waals surface area contributed by atoms with Crippen molar-refractivity contribution >= 4 is 44.9 Å². The Kier molecular flexibility index (Phi) is 12.3. The minimum atomic E-state index is -3.79. The van der Waals surface area contributed by atoms with Gasteiger partial charge in [-0.3, -0.25) is 9.52 Å². The molecule has 0 fully saturated rings. The smallest absolute Gasteiger partial charge is 0.319 e. The summed E-state index contributed by atoms with van der Waals surface area (Å²) in [5, 5.41) is 9.15. The van der Waals surface area contributed by atoms with E-state index in [4.69, 9.17) is 11.6 Å². The second-order valence-corrected chi connectivity index (χ2v) is 14.8. The van der Waals surface area contributed by atoms with E-state index < -0.39 is 22.1 Å². The molecule has 0 aromatic heterocycles. The van der Waals surface area contributed by atoms with Gasteiger partial charge in [0.15, 0.2) is 0 Å². The molecule has 238 valence electrons. The lowest BCUT2D eigenvalue weighted by Gasteiger charge is -2.22. The van der Waals surface area contributed by atoms with Crippen LogP contribution in [-0.4, -0.2) is 32.4 Å². The third kappa shape index (κ3) is 11.2. The number of anilines is 2. The van der Waals surface area contributed by atoms with E-state index >= 15 is 0 Å². The van der Waals surface area contributed by atoms with Crippen LogP contribution in [0.3, 0.4) is 0 Å². The van der Waals surface area contributed by atoms with Crippen molar-refractivity contribution < 1.29 is 18.0 Å². The Hall–Kier alpha value is -3.56. The van der Waals surface area contributed by atoms with Crippen LogP contribution in [0.1, 0.15) is 71.9 Å². The van der Waals surface area contributed by atoms with Gasteiger partial charge in [0.1, 0.15) is 6.04 Å². The van der Waals surface area contributed by atoms with Crippen molar-refractivity contribution in [3.8, 4) is 0 Å². The number of benzene rings is 3. The highest BCUT2D eigenvalue weighted by molar-refractivity contribution is 7.92. The summed E-state index contributed by atoms with van der Waals surface area (Å²) in [5.41, 5.74) is 2.59. The summed E-state index contributed by atoms with van der Waals surface area (Å²) in [4.78, 5) is 26.4. The molecule has 2 atom stereocenters. The van der Waals surface area contributed by atoms with Crippen molar-refractivity contribution in [2.75, 3.05) is 10.0 Å². The number of carbonyl (C=O) groups is 2. The number of rotatable bonds is 13. The lowest BCUT2D eigenvalue weighted by atomic mass is 9.87. The van der Waals surface area contributed by atoms with Gasteiger partial charge in [-0.2, -0.15) is 0 Å². The van der Waals surface area contributed by atoms with E-state index in [2.05, 4.69) is 55.3 Å². The molecule has 44 heavy (non-hydrogen) atoms. The predicted octanol–water partition coefficient (Wildman–Crippen LogP) is 7.50. The number of sulfonamides is 1. The predicted molar refractivity (Wildman–Crippen MR) is 180 cm³/mol. The van der Waals surface area contributed by atoms with Gasteiger partial charge in [0, 0.05) is 28.9 Å². The summed E-state index contributed by atoms with van der Waals surface area (Å²) in [5.74, 6) is 0.327. The molecule has 3 rings (SSSR count). The highest BCUT2D eigenvalue weighted by atomic mass is 35.5. The first-order chi connectivity index (χ1) is 20.6. The van der Waals surface area contributed by atoms with E-state index in [1.165, 1.54) is 0 Å². The maximum atomic E-state index is 13.2. The standard InChI is InChI=1S/C34H45ClN4O4S/c1-23(2)8-7-9-24(3)36-32(40)31(22-25-10-14-27(35)15-11-25)38-33(41)37-28-16-18-29(19-17-28)39-44(42,43)30-20-12-26(13-21-30)34(4,5)6/h10-21,23-24,31,39H,7-9,22H2,1-6H3,(H,36,40)(H2,37,38,41)/t24?,31-/m1/s1. The fourth-order valence-corrected chi connectivity index (χ4v) is 5.79. The fourth-order valence-electron chi connectivity index (χ4n) is 4.61. The van der Waals surface area contributed by atoms with Crippen molar-refractivity contribution in [2.24, 2.45) is 5.92 Å². The molecule has 4 N–H and O–H groups in total. The molecule has 0 bridgehead atoms. The summed E-state index contributed by atoms with van der Waals surface area (Å²) in [6.07, 6.45) is 3.22. The Morgan fingerprint density at radius 3 is 1.95 bits per heavy atom. The second kappa shape index (κ2) is 15.4. The lowest BCUT2D eigenvalue weighted by molar-refractivity contribution is -0.123. The molecule has 0 aliphatic carbocycles. The molecule has 8 nitrogen and oxygen atoms in total. The van der Waals surface area contributed by atoms with Crippen LogP contribution in [0, 0.1) is 5.92 Å². The van der Waals surface area contributed by atoms with E-state index in [9.17, 15) is 18.0 Å². The summed E-state index contributed by atoms with van der Waals surface area (Å²) >= 11 is 6.03. The Labute approximate surface area is 267 Å². The van der Waals surface area contributed by atoms with Crippen molar-refractivity contribution in [1.29, 1.82) is 0 Å². The van der Waals surface area contributed by atoms with Gasteiger partial charge in [0.25, 0.3) is 10.0 Å².